The van der Waals surface area contributed by atoms with Crippen LogP contribution < -0.4 is 9.47 Å². The van der Waals surface area contributed by atoms with Crippen molar-refractivity contribution < 1.29 is 24.2 Å². The first-order valence-corrected chi connectivity index (χ1v) is 5.56. The first-order valence-electron chi connectivity index (χ1n) is 5.56. The summed E-state index contributed by atoms with van der Waals surface area (Å²) in [5.41, 5.74) is -0.0414. The maximum Gasteiger partial charge on any atom is 0.377 e. The van der Waals surface area contributed by atoms with Gasteiger partial charge in [-0.3, -0.25) is 4.79 Å². The molecule has 0 spiro atoms. The van der Waals surface area contributed by atoms with Crippen LogP contribution in [-0.4, -0.2) is 30.1 Å². The van der Waals surface area contributed by atoms with E-state index in [1.54, 1.807) is 6.07 Å². The number of hydrogen-bond acceptors (Lipinski definition) is 4. The third-order valence-electron chi connectivity index (χ3n) is 2.64. The lowest BCUT2D eigenvalue weighted by Crippen LogP contribution is -2.26. The molecule has 0 aliphatic carbocycles. The molecule has 18 heavy (non-hydrogen) atoms. The van der Waals surface area contributed by atoms with Crippen LogP contribution in [0.15, 0.2) is 18.2 Å². The number of benzene rings is 1. The average Bonchev–Trinajstić information content (AvgIpc) is 2.47. The zero-order chi connectivity index (χ0) is 13.3. The summed E-state index contributed by atoms with van der Waals surface area (Å²) < 4.78 is 11.1. The zero-order valence-corrected chi connectivity index (χ0v) is 10.2. The Balaban J connectivity index is 2.31. The predicted octanol–water partition coefficient (Wildman–Crippen LogP) is 1.75. The van der Waals surface area contributed by atoms with Gasteiger partial charge < -0.3 is 14.6 Å². The van der Waals surface area contributed by atoms with Gasteiger partial charge in [0.1, 0.15) is 0 Å². The fraction of sp³-hybridized carbons (Fsp3) is 0.385. The molecule has 1 aromatic rings. The van der Waals surface area contributed by atoms with Crippen molar-refractivity contribution in [2.24, 2.45) is 5.41 Å². The molecule has 96 valence electrons. The van der Waals surface area contributed by atoms with Crippen LogP contribution in [0.3, 0.4) is 0 Å². The summed E-state index contributed by atoms with van der Waals surface area (Å²) in [7, 11) is 0. The van der Waals surface area contributed by atoms with E-state index >= 15 is 0 Å². The van der Waals surface area contributed by atoms with Gasteiger partial charge in [0.05, 0.1) is 13.2 Å². The first kappa shape index (κ1) is 12.4. The Kier molecular flexibility index (Phi) is 2.98. The van der Waals surface area contributed by atoms with Crippen molar-refractivity contribution in [2.75, 3.05) is 13.2 Å². The van der Waals surface area contributed by atoms with Crippen LogP contribution in [0.5, 0.6) is 11.5 Å². The number of hydrogen-bond donors (Lipinski definition) is 1. The molecule has 5 heteroatoms. The van der Waals surface area contributed by atoms with Gasteiger partial charge in [-0.1, -0.05) is 13.8 Å². The van der Waals surface area contributed by atoms with Crippen molar-refractivity contribution in [3.05, 3.63) is 23.8 Å². The van der Waals surface area contributed by atoms with E-state index < -0.39 is 11.8 Å². The van der Waals surface area contributed by atoms with Crippen molar-refractivity contribution in [2.45, 2.75) is 13.8 Å². The molecule has 1 aliphatic rings. The van der Waals surface area contributed by atoms with Gasteiger partial charge >= 0.3 is 5.97 Å². The molecular formula is C13H14O5. The Labute approximate surface area is 104 Å². The van der Waals surface area contributed by atoms with Crippen molar-refractivity contribution in [3.63, 3.8) is 0 Å². The van der Waals surface area contributed by atoms with Crippen molar-refractivity contribution in [3.8, 4) is 11.5 Å². The number of aliphatic carboxylic acids is 1. The lowest BCUT2D eigenvalue weighted by atomic mass is 9.97. The molecule has 0 aromatic heterocycles. The molecule has 1 heterocycles. The summed E-state index contributed by atoms with van der Waals surface area (Å²) >= 11 is 0. The van der Waals surface area contributed by atoms with E-state index in [4.69, 9.17) is 14.6 Å². The summed E-state index contributed by atoms with van der Waals surface area (Å²) in [6.45, 7) is 4.96. The quantitative estimate of drug-likeness (QED) is 0.639. The van der Waals surface area contributed by atoms with Gasteiger partial charge in [0.2, 0.25) is 0 Å². The van der Waals surface area contributed by atoms with Crippen LogP contribution >= 0.6 is 0 Å². The summed E-state index contributed by atoms with van der Waals surface area (Å²) in [4.78, 5) is 22.0. The number of carbonyl (C=O) groups is 2. The third-order valence-corrected chi connectivity index (χ3v) is 2.64. The number of fused-ring (bicyclic) bond motifs is 1. The molecule has 0 bridgehead atoms. The number of Topliss-reactive ketones (excluding diaryl/α,β-unsaturated/α-hetero) is 1. The Morgan fingerprint density at radius 2 is 1.78 bits per heavy atom. The Morgan fingerprint density at radius 1 is 1.17 bits per heavy atom. The van der Waals surface area contributed by atoms with E-state index in [-0.39, 0.29) is 11.0 Å². The largest absolute Gasteiger partial charge is 0.489 e. The van der Waals surface area contributed by atoms with Crippen molar-refractivity contribution in [1.29, 1.82) is 0 Å². The first-order chi connectivity index (χ1) is 8.39. The Morgan fingerprint density at radius 3 is 2.39 bits per heavy atom. The van der Waals surface area contributed by atoms with E-state index in [9.17, 15) is 9.59 Å². The second kappa shape index (κ2) is 4.33. The van der Waals surface area contributed by atoms with Crippen LogP contribution in [0, 0.1) is 5.41 Å². The number of ether oxygens (including phenoxy) is 2. The molecule has 0 unspecified atom stereocenters. The smallest absolute Gasteiger partial charge is 0.377 e. The lowest BCUT2D eigenvalue weighted by molar-refractivity contribution is -0.131. The summed E-state index contributed by atoms with van der Waals surface area (Å²) in [5.74, 6) is -1.50. The van der Waals surface area contributed by atoms with Crippen molar-refractivity contribution in [1.82, 2.24) is 0 Å². The van der Waals surface area contributed by atoms with Gasteiger partial charge in [-0.2, -0.15) is 0 Å². The fourth-order valence-electron chi connectivity index (χ4n) is 1.59. The number of ketones is 1. The fourth-order valence-corrected chi connectivity index (χ4v) is 1.59. The van der Waals surface area contributed by atoms with Crippen molar-refractivity contribution >= 4 is 11.8 Å². The highest BCUT2D eigenvalue weighted by Gasteiger charge is 2.26. The van der Waals surface area contributed by atoms with Gasteiger partial charge in [-0.25, -0.2) is 4.79 Å². The molecule has 0 fully saturated rings. The van der Waals surface area contributed by atoms with Gasteiger partial charge in [0.15, 0.2) is 11.5 Å². The topological polar surface area (TPSA) is 72.8 Å². The number of carboxylic acid groups (broad SMARTS) is 1. The lowest BCUT2D eigenvalue weighted by Gasteiger charge is -2.19. The average molecular weight is 250 g/mol. The second-order valence-corrected chi connectivity index (χ2v) is 5.04. The molecule has 2 rings (SSSR count). The molecule has 1 N–H and O–H groups in total. The van der Waals surface area contributed by atoms with E-state index in [0.717, 1.165) is 0 Å². The number of carboxylic acids is 1. The molecule has 1 aromatic carbocycles. The normalized spacial score (nSPS) is 16.8. The molecule has 0 saturated heterocycles. The maximum absolute atomic E-state index is 11.3. The van der Waals surface area contributed by atoms with Crippen LogP contribution in [0.25, 0.3) is 0 Å². The van der Waals surface area contributed by atoms with Crippen LogP contribution in [-0.2, 0) is 4.79 Å². The molecule has 0 saturated carbocycles. The molecule has 0 amide bonds. The standard InChI is InChI=1S/C13H14O5/c1-13(2)6-17-9-4-3-8(11(14)12(15)16)5-10(9)18-7-13/h3-5H,6-7H2,1-2H3,(H,15,16). The highest BCUT2D eigenvalue weighted by molar-refractivity contribution is 6.39. The second-order valence-electron chi connectivity index (χ2n) is 5.04. The minimum absolute atomic E-state index is 0.0876. The highest BCUT2D eigenvalue weighted by Crippen LogP contribution is 2.34. The molecule has 5 nitrogen and oxygen atoms in total. The summed E-state index contributed by atoms with van der Waals surface area (Å²) in [6.07, 6.45) is 0. The van der Waals surface area contributed by atoms with E-state index in [2.05, 4.69) is 0 Å². The molecule has 0 radical (unpaired) electrons. The minimum atomic E-state index is -1.48. The maximum atomic E-state index is 11.3. The van der Waals surface area contributed by atoms with Gasteiger partial charge in [-0.05, 0) is 18.2 Å². The number of rotatable bonds is 2. The predicted molar refractivity (Wildman–Crippen MR) is 63.2 cm³/mol. The Hall–Kier alpha value is -2.04. The van der Waals surface area contributed by atoms with E-state index in [0.29, 0.717) is 24.7 Å². The molecule has 1 aliphatic heterocycles. The van der Waals surface area contributed by atoms with E-state index in [1.807, 2.05) is 13.8 Å². The monoisotopic (exact) mass is 250 g/mol. The molecular weight excluding hydrogens is 236 g/mol. The van der Waals surface area contributed by atoms with Gasteiger partial charge in [0.25, 0.3) is 5.78 Å². The van der Waals surface area contributed by atoms with E-state index in [1.165, 1.54) is 12.1 Å². The Bertz CT molecular complexity index is 504. The van der Waals surface area contributed by atoms with Gasteiger partial charge in [0, 0.05) is 11.0 Å². The highest BCUT2D eigenvalue weighted by atomic mass is 16.5. The van der Waals surface area contributed by atoms with Crippen LogP contribution in [0.4, 0.5) is 0 Å². The minimum Gasteiger partial charge on any atom is -0.489 e. The molecule has 0 atom stereocenters. The number of carbonyl (C=O) groups excluding carboxylic acids is 1. The van der Waals surface area contributed by atoms with Crippen LogP contribution in [0.2, 0.25) is 0 Å². The summed E-state index contributed by atoms with van der Waals surface area (Å²) in [5, 5.41) is 8.66. The summed E-state index contributed by atoms with van der Waals surface area (Å²) in [6, 6.07) is 4.40. The SMILES string of the molecule is CC1(C)COc2ccc(C(=O)C(=O)O)cc2OC1. The zero-order valence-electron chi connectivity index (χ0n) is 10.2. The van der Waals surface area contributed by atoms with Crippen LogP contribution in [0.1, 0.15) is 24.2 Å². The third kappa shape index (κ3) is 2.45. The van der Waals surface area contributed by atoms with Gasteiger partial charge in [-0.15, -0.1) is 0 Å².